The maximum absolute atomic E-state index is 6.27. The molecule has 4 aromatic carbocycles. The molecular formula is C30H20Cl2N4O. The summed E-state index contributed by atoms with van der Waals surface area (Å²) in [5.74, 6) is 1.15. The fourth-order valence-corrected chi connectivity index (χ4v) is 4.64. The first-order valence-electron chi connectivity index (χ1n) is 11.7. The second kappa shape index (κ2) is 10.2. The van der Waals surface area contributed by atoms with Crippen molar-refractivity contribution < 1.29 is 4.74 Å². The van der Waals surface area contributed by atoms with E-state index in [4.69, 9.17) is 47.9 Å². The molecule has 0 radical (unpaired) electrons. The molecule has 0 N–H and O–H groups in total. The predicted molar refractivity (Wildman–Crippen MR) is 148 cm³/mol. The van der Waals surface area contributed by atoms with Crippen LogP contribution in [0.4, 0.5) is 0 Å². The minimum atomic E-state index is 0.209. The summed E-state index contributed by atoms with van der Waals surface area (Å²) in [6.07, 6.45) is 0. The summed E-state index contributed by atoms with van der Waals surface area (Å²) in [5.41, 5.74) is 5.22. The standard InChI is InChI=1S/C30H20Cl2N4O/c31-21-11-13-25-23(15-21)29(19-7-3-1-4-8-19)35-27(33-25)17-37-18-28-34-26-14-12-22(32)16-24(26)30(36-28)20-9-5-2-6-10-20/h1-16H,17-18H2. The van der Waals surface area contributed by atoms with Crippen LogP contribution in [-0.4, -0.2) is 19.9 Å². The molecule has 2 aromatic heterocycles. The van der Waals surface area contributed by atoms with Crippen LogP contribution in [0.3, 0.4) is 0 Å². The van der Waals surface area contributed by atoms with Crippen LogP contribution >= 0.6 is 23.2 Å². The first-order valence-corrected chi connectivity index (χ1v) is 12.5. The van der Waals surface area contributed by atoms with Gasteiger partial charge in [0, 0.05) is 31.9 Å². The molecule has 0 saturated carbocycles. The van der Waals surface area contributed by atoms with Gasteiger partial charge in [-0.2, -0.15) is 0 Å². The van der Waals surface area contributed by atoms with Crippen molar-refractivity contribution in [1.29, 1.82) is 0 Å². The average molecular weight is 523 g/mol. The highest BCUT2D eigenvalue weighted by atomic mass is 35.5. The molecule has 0 aliphatic heterocycles. The Labute approximate surface area is 223 Å². The largest absolute Gasteiger partial charge is 0.365 e. The van der Waals surface area contributed by atoms with Gasteiger partial charge in [0.2, 0.25) is 0 Å². The molecule has 7 heteroatoms. The zero-order valence-electron chi connectivity index (χ0n) is 19.6. The molecule has 5 nitrogen and oxygen atoms in total. The number of benzene rings is 4. The van der Waals surface area contributed by atoms with E-state index in [0.29, 0.717) is 21.7 Å². The monoisotopic (exact) mass is 522 g/mol. The molecule has 2 heterocycles. The number of hydrogen-bond donors (Lipinski definition) is 0. The number of ether oxygens (including phenoxy) is 1. The zero-order chi connectivity index (χ0) is 25.2. The van der Waals surface area contributed by atoms with E-state index in [0.717, 1.165) is 44.3 Å². The maximum Gasteiger partial charge on any atom is 0.155 e. The molecule has 0 amide bonds. The van der Waals surface area contributed by atoms with E-state index in [2.05, 4.69) is 0 Å². The topological polar surface area (TPSA) is 60.8 Å². The molecule has 0 saturated heterocycles. The molecular weight excluding hydrogens is 503 g/mol. The quantitative estimate of drug-likeness (QED) is 0.222. The second-order valence-corrected chi connectivity index (χ2v) is 9.40. The minimum absolute atomic E-state index is 0.209. The Bertz CT molecular complexity index is 1600. The van der Waals surface area contributed by atoms with Crippen molar-refractivity contribution in [1.82, 2.24) is 19.9 Å². The van der Waals surface area contributed by atoms with Crippen molar-refractivity contribution in [2.45, 2.75) is 13.2 Å². The third kappa shape index (κ3) is 5.02. The number of halogens is 2. The molecule has 37 heavy (non-hydrogen) atoms. The lowest BCUT2D eigenvalue weighted by atomic mass is 10.1. The third-order valence-electron chi connectivity index (χ3n) is 5.96. The van der Waals surface area contributed by atoms with Crippen LogP contribution in [0.15, 0.2) is 97.1 Å². The molecule has 0 bridgehead atoms. The van der Waals surface area contributed by atoms with Crippen LogP contribution < -0.4 is 0 Å². The van der Waals surface area contributed by atoms with Gasteiger partial charge in [-0.1, -0.05) is 83.9 Å². The van der Waals surface area contributed by atoms with Crippen LogP contribution in [0.2, 0.25) is 10.0 Å². The number of rotatable bonds is 6. The van der Waals surface area contributed by atoms with Crippen LogP contribution in [-0.2, 0) is 18.0 Å². The summed E-state index contributed by atoms with van der Waals surface area (Å²) in [5, 5.41) is 3.07. The third-order valence-corrected chi connectivity index (χ3v) is 6.44. The first kappa shape index (κ1) is 23.5. The molecule has 6 aromatic rings. The van der Waals surface area contributed by atoms with Crippen molar-refractivity contribution in [3.8, 4) is 22.5 Å². The van der Waals surface area contributed by atoms with Crippen LogP contribution in [0.25, 0.3) is 44.3 Å². The van der Waals surface area contributed by atoms with Crippen molar-refractivity contribution in [2.24, 2.45) is 0 Å². The van der Waals surface area contributed by atoms with Gasteiger partial charge in [-0.05, 0) is 36.4 Å². The van der Waals surface area contributed by atoms with Crippen molar-refractivity contribution in [2.75, 3.05) is 0 Å². The Kier molecular flexibility index (Phi) is 6.49. The molecule has 0 atom stereocenters. The van der Waals surface area contributed by atoms with E-state index in [9.17, 15) is 0 Å². The minimum Gasteiger partial charge on any atom is -0.365 e. The first-order chi connectivity index (χ1) is 18.1. The summed E-state index contributed by atoms with van der Waals surface area (Å²) < 4.78 is 6.03. The summed E-state index contributed by atoms with van der Waals surface area (Å²) in [6.45, 7) is 0.419. The van der Waals surface area contributed by atoms with E-state index in [1.807, 2.05) is 97.1 Å². The lowest BCUT2D eigenvalue weighted by Crippen LogP contribution is -2.05. The number of nitrogens with zero attached hydrogens (tertiary/aromatic N) is 4. The Morgan fingerprint density at radius 2 is 0.946 bits per heavy atom. The highest BCUT2D eigenvalue weighted by molar-refractivity contribution is 6.31. The van der Waals surface area contributed by atoms with Gasteiger partial charge < -0.3 is 4.74 Å². The second-order valence-electron chi connectivity index (χ2n) is 8.52. The Morgan fingerprint density at radius 3 is 1.38 bits per heavy atom. The summed E-state index contributed by atoms with van der Waals surface area (Å²) in [6, 6.07) is 31.2. The summed E-state index contributed by atoms with van der Waals surface area (Å²) in [7, 11) is 0. The van der Waals surface area contributed by atoms with Gasteiger partial charge >= 0.3 is 0 Å². The molecule has 0 aliphatic rings. The van der Waals surface area contributed by atoms with E-state index in [-0.39, 0.29) is 13.2 Å². The zero-order valence-corrected chi connectivity index (χ0v) is 21.1. The molecule has 0 aliphatic carbocycles. The fraction of sp³-hybridized carbons (Fsp3) is 0.0667. The van der Waals surface area contributed by atoms with Gasteiger partial charge in [0.1, 0.15) is 13.2 Å². The lowest BCUT2D eigenvalue weighted by molar-refractivity contribution is 0.0970. The number of aromatic nitrogens is 4. The van der Waals surface area contributed by atoms with Gasteiger partial charge in [0.05, 0.1) is 22.4 Å². The molecule has 6 rings (SSSR count). The Morgan fingerprint density at radius 1 is 0.514 bits per heavy atom. The van der Waals surface area contributed by atoms with Gasteiger partial charge in [-0.3, -0.25) is 0 Å². The average Bonchev–Trinajstić information content (AvgIpc) is 2.93. The van der Waals surface area contributed by atoms with Gasteiger partial charge in [-0.15, -0.1) is 0 Å². The van der Waals surface area contributed by atoms with E-state index >= 15 is 0 Å². The normalized spacial score (nSPS) is 11.3. The highest BCUT2D eigenvalue weighted by Gasteiger charge is 2.13. The molecule has 180 valence electrons. The number of hydrogen-bond acceptors (Lipinski definition) is 5. The van der Waals surface area contributed by atoms with Crippen molar-refractivity contribution in [3.63, 3.8) is 0 Å². The lowest BCUT2D eigenvalue weighted by Gasteiger charge is -2.11. The van der Waals surface area contributed by atoms with Crippen LogP contribution in [0, 0.1) is 0 Å². The summed E-state index contributed by atoms with van der Waals surface area (Å²) >= 11 is 12.5. The van der Waals surface area contributed by atoms with Gasteiger partial charge in [0.25, 0.3) is 0 Å². The van der Waals surface area contributed by atoms with Gasteiger partial charge in [-0.25, -0.2) is 19.9 Å². The van der Waals surface area contributed by atoms with Crippen LogP contribution in [0.1, 0.15) is 11.6 Å². The fourth-order valence-electron chi connectivity index (χ4n) is 4.29. The van der Waals surface area contributed by atoms with E-state index in [1.165, 1.54) is 0 Å². The van der Waals surface area contributed by atoms with Gasteiger partial charge in [0.15, 0.2) is 11.6 Å². The molecule has 0 fully saturated rings. The van der Waals surface area contributed by atoms with E-state index in [1.54, 1.807) is 0 Å². The Hall–Kier alpha value is -3.90. The SMILES string of the molecule is Clc1ccc2nc(COCc3nc(-c4ccccc4)c4cc(Cl)ccc4n3)nc(-c3ccccc3)c2c1. The Balaban J connectivity index is 1.31. The van der Waals surface area contributed by atoms with E-state index < -0.39 is 0 Å². The summed E-state index contributed by atoms with van der Waals surface area (Å²) in [4.78, 5) is 19.1. The maximum atomic E-state index is 6.27. The van der Waals surface area contributed by atoms with Crippen molar-refractivity contribution in [3.05, 3.63) is 119 Å². The van der Waals surface area contributed by atoms with Crippen LogP contribution in [0.5, 0.6) is 0 Å². The smallest absolute Gasteiger partial charge is 0.155 e. The van der Waals surface area contributed by atoms with Crippen molar-refractivity contribution >= 4 is 45.0 Å². The predicted octanol–water partition coefficient (Wildman–Crippen LogP) is 7.93. The molecule has 0 unspecified atom stereocenters. The number of fused-ring (bicyclic) bond motifs is 2. The highest BCUT2D eigenvalue weighted by Crippen LogP contribution is 2.30. The molecule has 0 spiro atoms.